The number of para-hydroxylation sites is 1. The molecule has 98 valence electrons. The maximum Gasteiger partial charge on any atom is 0.236 e. The molecule has 0 spiro atoms. The van der Waals surface area contributed by atoms with Crippen molar-refractivity contribution in [3.05, 3.63) is 30.1 Å². The lowest BCUT2D eigenvalue weighted by atomic mass is 10.2. The highest BCUT2D eigenvalue weighted by molar-refractivity contribution is 5.80. The fraction of sp³-hybridized carbons (Fsp3) is 0.462. The van der Waals surface area contributed by atoms with Crippen molar-refractivity contribution < 1.29 is 9.18 Å². The van der Waals surface area contributed by atoms with E-state index in [1.54, 1.807) is 30.1 Å². The lowest BCUT2D eigenvalue weighted by Crippen LogP contribution is -2.49. The smallest absolute Gasteiger partial charge is 0.236 e. The van der Waals surface area contributed by atoms with Crippen LogP contribution in [0.25, 0.3) is 0 Å². The van der Waals surface area contributed by atoms with Crippen LogP contribution >= 0.6 is 0 Å². The van der Waals surface area contributed by atoms with Gasteiger partial charge in [-0.15, -0.1) is 0 Å². The van der Waals surface area contributed by atoms with Crippen LogP contribution in [0.15, 0.2) is 24.3 Å². The number of nitrogens with zero attached hydrogens (tertiary/aromatic N) is 1. The number of halogens is 1. The molecule has 1 atom stereocenters. The number of nitrogens with one attached hydrogen (secondary N) is 1. The van der Waals surface area contributed by atoms with Gasteiger partial charge in [0.2, 0.25) is 5.91 Å². The topological polar surface area (TPSA) is 58.4 Å². The Bertz CT molecular complexity index is 434. The van der Waals surface area contributed by atoms with Gasteiger partial charge in [-0.1, -0.05) is 12.1 Å². The second kappa shape index (κ2) is 5.35. The molecule has 1 aromatic carbocycles. The highest BCUT2D eigenvalue weighted by Crippen LogP contribution is 2.21. The minimum Gasteiger partial charge on any atom is -0.370 e. The van der Waals surface area contributed by atoms with Crippen molar-refractivity contribution in [3.8, 4) is 0 Å². The summed E-state index contributed by atoms with van der Waals surface area (Å²) in [5.41, 5.74) is 5.83. The molecule has 1 amide bonds. The first-order chi connectivity index (χ1) is 8.58. The molecule has 1 aliphatic rings. The summed E-state index contributed by atoms with van der Waals surface area (Å²) in [6, 6.07) is 6.44. The first kappa shape index (κ1) is 12.8. The van der Waals surface area contributed by atoms with Crippen LogP contribution in [0.3, 0.4) is 0 Å². The molecule has 0 radical (unpaired) electrons. The van der Waals surface area contributed by atoms with E-state index in [1.807, 2.05) is 0 Å². The standard InChI is InChI=1S/C13H18FN3O/c1-17(12-5-3-2-4-10(12)14)8-11(13(15)18)16-9-6-7-9/h2-5,9,11,16H,6-8H2,1H3,(H2,15,18). The SMILES string of the molecule is CN(CC(NC1CC1)C(N)=O)c1ccccc1F. The van der Waals surface area contributed by atoms with Crippen molar-refractivity contribution >= 4 is 11.6 Å². The van der Waals surface area contributed by atoms with Crippen molar-refractivity contribution in [2.45, 2.75) is 24.9 Å². The zero-order valence-electron chi connectivity index (χ0n) is 10.4. The molecule has 1 saturated carbocycles. The van der Waals surface area contributed by atoms with Gasteiger partial charge >= 0.3 is 0 Å². The van der Waals surface area contributed by atoms with Gasteiger partial charge in [-0.3, -0.25) is 4.79 Å². The molecule has 0 saturated heterocycles. The summed E-state index contributed by atoms with van der Waals surface area (Å²) in [7, 11) is 1.75. The first-order valence-corrected chi connectivity index (χ1v) is 6.09. The number of nitrogens with two attached hydrogens (primary N) is 1. The van der Waals surface area contributed by atoms with Crippen molar-refractivity contribution in [1.82, 2.24) is 5.32 Å². The second-order valence-electron chi connectivity index (χ2n) is 4.73. The second-order valence-corrected chi connectivity index (χ2v) is 4.73. The third kappa shape index (κ3) is 3.20. The molecule has 1 fully saturated rings. The minimum absolute atomic E-state index is 0.297. The van der Waals surface area contributed by atoms with Crippen LogP contribution in [0, 0.1) is 5.82 Å². The Morgan fingerprint density at radius 2 is 2.22 bits per heavy atom. The van der Waals surface area contributed by atoms with Crippen LogP contribution < -0.4 is 16.0 Å². The number of rotatable bonds is 6. The molecule has 0 aliphatic heterocycles. The Balaban J connectivity index is 2.01. The molecule has 0 heterocycles. The molecule has 1 unspecified atom stereocenters. The third-order valence-corrected chi connectivity index (χ3v) is 3.08. The zero-order valence-corrected chi connectivity index (χ0v) is 10.4. The summed E-state index contributed by atoms with van der Waals surface area (Å²) in [5.74, 6) is -0.695. The average Bonchev–Trinajstić information content (AvgIpc) is 3.12. The number of hydrogen-bond acceptors (Lipinski definition) is 3. The van der Waals surface area contributed by atoms with Gasteiger partial charge < -0.3 is 16.0 Å². The van der Waals surface area contributed by atoms with Crippen LogP contribution in [0.4, 0.5) is 10.1 Å². The van der Waals surface area contributed by atoms with Gasteiger partial charge in [0, 0.05) is 19.6 Å². The molecule has 2 rings (SSSR count). The van der Waals surface area contributed by atoms with Crippen molar-refractivity contribution in [3.63, 3.8) is 0 Å². The van der Waals surface area contributed by atoms with Crippen molar-refractivity contribution in [2.75, 3.05) is 18.5 Å². The van der Waals surface area contributed by atoms with Gasteiger partial charge in [0.1, 0.15) is 11.9 Å². The van der Waals surface area contributed by atoms with Gasteiger partial charge in [-0.25, -0.2) is 4.39 Å². The van der Waals surface area contributed by atoms with Crippen LogP contribution in [0.1, 0.15) is 12.8 Å². The van der Waals surface area contributed by atoms with E-state index >= 15 is 0 Å². The normalized spacial score (nSPS) is 16.3. The van der Waals surface area contributed by atoms with Gasteiger partial charge in [0.05, 0.1) is 5.69 Å². The molecule has 0 aromatic heterocycles. The molecule has 5 heteroatoms. The van der Waals surface area contributed by atoms with Gasteiger partial charge in [0.15, 0.2) is 0 Å². The van der Waals surface area contributed by atoms with Crippen LogP contribution in [-0.4, -0.2) is 31.6 Å². The van der Waals surface area contributed by atoms with E-state index in [0.717, 1.165) is 12.8 Å². The third-order valence-electron chi connectivity index (χ3n) is 3.08. The zero-order chi connectivity index (χ0) is 13.1. The Morgan fingerprint density at radius 3 is 2.78 bits per heavy atom. The number of carbonyl (C=O) groups is 1. The Kier molecular flexibility index (Phi) is 3.81. The monoisotopic (exact) mass is 251 g/mol. The predicted molar refractivity (Wildman–Crippen MR) is 68.8 cm³/mol. The lowest BCUT2D eigenvalue weighted by molar-refractivity contribution is -0.119. The van der Waals surface area contributed by atoms with Crippen LogP contribution in [0.2, 0.25) is 0 Å². The van der Waals surface area contributed by atoms with E-state index in [4.69, 9.17) is 5.73 Å². The molecular formula is C13H18FN3O. The number of anilines is 1. The maximum atomic E-state index is 13.6. The van der Waals surface area contributed by atoms with E-state index < -0.39 is 11.9 Å². The Morgan fingerprint density at radius 1 is 1.56 bits per heavy atom. The molecule has 1 aromatic rings. The summed E-state index contributed by atoms with van der Waals surface area (Å²) in [4.78, 5) is 13.1. The van der Waals surface area contributed by atoms with E-state index in [9.17, 15) is 9.18 Å². The average molecular weight is 251 g/mol. The largest absolute Gasteiger partial charge is 0.370 e. The maximum absolute atomic E-state index is 13.6. The quantitative estimate of drug-likeness (QED) is 0.788. The minimum atomic E-state index is -0.442. The molecule has 18 heavy (non-hydrogen) atoms. The number of benzene rings is 1. The highest BCUT2D eigenvalue weighted by Gasteiger charge is 2.28. The van der Waals surface area contributed by atoms with E-state index in [-0.39, 0.29) is 5.82 Å². The number of carbonyl (C=O) groups excluding carboxylic acids is 1. The van der Waals surface area contributed by atoms with Gasteiger partial charge in [0.25, 0.3) is 0 Å². The summed E-state index contributed by atoms with van der Waals surface area (Å²) in [5, 5.41) is 3.17. The summed E-state index contributed by atoms with van der Waals surface area (Å²) in [6.07, 6.45) is 2.15. The number of primary amides is 1. The lowest BCUT2D eigenvalue weighted by Gasteiger charge is -2.25. The first-order valence-electron chi connectivity index (χ1n) is 6.09. The van der Waals surface area contributed by atoms with E-state index in [1.165, 1.54) is 6.07 Å². The van der Waals surface area contributed by atoms with Gasteiger partial charge in [-0.05, 0) is 25.0 Å². The van der Waals surface area contributed by atoms with Crippen LogP contribution in [-0.2, 0) is 4.79 Å². The van der Waals surface area contributed by atoms with E-state index in [0.29, 0.717) is 18.3 Å². The Labute approximate surface area is 106 Å². The Hall–Kier alpha value is -1.62. The predicted octanol–water partition coefficient (Wildman–Crippen LogP) is 0.868. The highest BCUT2D eigenvalue weighted by atomic mass is 19.1. The fourth-order valence-electron chi connectivity index (χ4n) is 1.89. The molecule has 0 bridgehead atoms. The summed E-state index contributed by atoms with van der Waals surface area (Å²) < 4.78 is 13.6. The number of hydrogen-bond donors (Lipinski definition) is 2. The van der Waals surface area contributed by atoms with Crippen molar-refractivity contribution in [2.24, 2.45) is 5.73 Å². The van der Waals surface area contributed by atoms with E-state index in [2.05, 4.69) is 5.32 Å². The molecule has 4 nitrogen and oxygen atoms in total. The summed E-state index contributed by atoms with van der Waals surface area (Å²) >= 11 is 0. The molecule has 3 N–H and O–H groups in total. The molecule has 1 aliphatic carbocycles. The van der Waals surface area contributed by atoms with Gasteiger partial charge in [-0.2, -0.15) is 0 Å². The molecular weight excluding hydrogens is 233 g/mol. The van der Waals surface area contributed by atoms with Crippen molar-refractivity contribution in [1.29, 1.82) is 0 Å². The number of amides is 1. The number of likely N-dealkylation sites (N-methyl/N-ethyl adjacent to an activating group) is 1. The fourth-order valence-corrected chi connectivity index (χ4v) is 1.89. The van der Waals surface area contributed by atoms with Crippen LogP contribution in [0.5, 0.6) is 0 Å². The summed E-state index contributed by atoms with van der Waals surface area (Å²) in [6.45, 7) is 0.368.